The van der Waals surface area contributed by atoms with Crippen LogP contribution in [0.2, 0.25) is 5.02 Å². The average molecular weight is 539 g/mol. The number of thiazole rings is 1. The lowest BCUT2D eigenvalue weighted by atomic mass is 10.2. The molecular weight excluding hydrogens is 511 g/mol. The van der Waals surface area contributed by atoms with Gasteiger partial charge in [0.25, 0.3) is 0 Å². The largest absolute Gasteiger partial charge is 0.493 e. The zero-order chi connectivity index (χ0) is 19.8. The fraction of sp³-hybridized carbons (Fsp3) is 0.474. The SMILES string of the molecule is CCNC(=NCc1cc(Cl)c(OCC)c(OC)c1)N(C)Cc1csc(C)n1.I. The zero-order valence-electron chi connectivity index (χ0n) is 16.9. The van der Waals surface area contributed by atoms with Crippen LogP contribution in [0.15, 0.2) is 22.5 Å². The van der Waals surface area contributed by atoms with Gasteiger partial charge in [-0.2, -0.15) is 0 Å². The number of hydrogen-bond acceptors (Lipinski definition) is 5. The van der Waals surface area contributed by atoms with E-state index < -0.39 is 0 Å². The van der Waals surface area contributed by atoms with E-state index in [0.29, 0.717) is 36.2 Å². The molecule has 1 N–H and O–H groups in total. The van der Waals surface area contributed by atoms with E-state index in [-0.39, 0.29) is 24.0 Å². The molecule has 0 aliphatic carbocycles. The van der Waals surface area contributed by atoms with E-state index in [1.165, 1.54) is 0 Å². The molecule has 1 heterocycles. The van der Waals surface area contributed by atoms with Crippen molar-refractivity contribution in [3.05, 3.63) is 38.8 Å². The van der Waals surface area contributed by atoms with Crippen molar-refractivity contribution in [3.8, 4) is 11.5 Å². The Morgan fingerprint density at radius 2 is 2.11 bits per heavy atom. The van der Waals surface area contributed by atoms with E-state index in [9.17, 15) is 0 Å². The average Bonchev–Trinajstić information content (AvgIpc) is 3.05. The van der Waals surface area contributed by atoms with Crippen LogP contribution in [0.25, 0.3) is 0 Å². The van der Waals surface area contributed by atoms with Gasteiger partial charge in [0, 0.05) is 19.0 Å². The van der Waals surface area contributed by atoms with Gasteiger partial charge in [-0.1, -0.05) is 11.6 Å². The summed E-state index contributed by atoms with van der Waals surface area (Å²) in [5.74, 6) is 2.00. The number of halogens is 2. The fourth-order valence-corrected chi connectivity index (χ4v) is 3.48. The summed E-state index contributed by atoms with van der Waals surface area (Å²) in [7, 11) is 3.61. The van der Waals surface area contributed by atoms with Gasteiger partial charge in [0.2, 0.25) is 0 Å². The Morgan fingerprint density at radius 1 is 1.36 bits per heavy atom. The normalized spacial score (nSPS) is 11.0. The van der Waals surface area contributed by atoms with Crippen LogP contribution >= 0.6 is 46.9 Å². The molecule has 0 saturated carbocycles. The summed E-state index contributed by atoms with van der Waals surface area (Å²) in [5.41, 5.74) is 1.99. The molecule has 0 spiro atoms. The summed E-state index contributed by atoms with van der Waals surface area (Å²) in [6, 6.07) is 3.78. The maximum Gasteiger partial charge on any atom is 0.194 e. The van der Waals surface area contributed by atoms with Crippen LogP contribution in [0, 0.1) is 6.92 Å². The molecule has 0 aliphatic rings. The zero-order valence-corrected chi connectivity index (χ0v) is 20.8. The summed E-state index contributed by atoms with van der Waals surface area (Å²) in [6.45, 7) is 8.46. The highest BCUT2D eigenvalue weighted by Gasteiger charge is 2.13. The number of methoxy groups -OCH3 is 1. The molecule has 0 fully saturated rings. The van der Waals surface area contributed by atoms with Gasteiger partial charge in [0.1, 0.15) is 0 Å². The van der Waals surface area contributed by atoms with Gasteiger partial charge < -0.3 is 19.7 Å². The second kappa shape index (κ2) is 12.3. The molecule has 1 aromatic heterocycles. The summed E-state index contributed by atoms with van der Waals surface area (Å²) in [6.07, 6.45) is 0. The number of aromatic nitrogens is 1. The minimum atomic E-state index is 0. The Kier molecular flexibility index (Phi) is 10.9. The highest BCUT2D eigenvalue weighted by atomic mass is 127. The van der Waals surface area contributed by atoms with Crippen LogP contribution in [0.5, 0.6) is 11.5 Å². The number of rotatable bonds is 8. The topological polar surface area (TPSA) is 59.0 Å². The molecule has 0 atom stereocenters. The molecule has 9 heteroatoms. The third kappa shape index (κ3) is 6.97. The number of benzene rings is 1. The number of nitrogens with zero attached hydrogens (tertiary/aromatic N) is 3. The second-order valence-corrected chi connectivity index (χ2v) is 7.40. The van der Waals surface area contributed by atoms with Crippen molar-refractivity contribution >= 4 is 52.9 Å². The first-order valence-corrected chi connectivity index (χ1v) is 10.1. The molecule has 6 nitrogen and oxygen atoms in total. The predicted octanol–water partition coefficient (Wildman–Crippen LogP) is 4.73. The Balaban J connectivity index is 0.00000392. The van der Waals surface area contributed by atoms with Crippen molar-refractivity contribution in [1.82, 2.24) is 15.2 Å². The third-order valence-electron chi connectivity index (χ3n) is 3.75. The van der Waals surface area contributed by atoms with E-state index in [0.717, 1.165) is 28.8 Å². The van der Waals surface area contributed by atoms with Gasteiger partial charge in [-0.15, -0.1) is 35.3 Å². The van der Waals surface area contributed by atoms with Crippen molar-refractivity contribution in [2.45, 2.75) is 33.9 Å². The monoisotopic (exact) mass is 538 g/mol. The van der Waals surface area contributed by atoms with Crippen LogP contribution in [-0.2, 0) is 13.1 Å². The molecule has 0 bridgehead atoms. The number of aryl methyl sites for hydroxylation is 1. The lowest BCUT2D eigenvalue weighted by molar-refractivity contribution is 0.311. The molecule has 0 radical (unpaired) electrons. The van der Waals surface area contributed by atoms with Gasteiger partial charge in [0.05, 0.1) is 42.5 Å². The number of ether oxygens (including phenoxy) is 2. The van der Waals surface area contributed by atoms with E-state index in [2.05, 4.69) is 20.6 Å². The predicted molar refractivity (Wildman–Crippen MR) is 128 cm³/mol. The lowest BCUT2D eigenvalue weighted by Crippen LogP contribution is -2.38. The Labute approximate surface area is 193 Å². The van der Waals surface area contributed by atoms with E-state index in [4.69, 9.17) is 26.1 Å². The smallest absolute Gasteiger partial charge is 0.194 e. The molecule has 156 valence electrons. The Bertz CT molecular complexity index is 785. The summed E-state index contributed by atoms with van der Waals surface area (Å²) in [4.78, 5) is 11.3. The van der Waals surface area contributed by atoms with Crippen molar-refractivity contribution < 1.29 is 9.47 Å². The second-order valence-electron chi connectivity index (χ2n) is 5.93. The highest BCUT2D eigenvalue weighted by Crippen LogP contribution is 2.36. The first kappa shape index (κ1) is 24.8. The maximum atomic E-state index is 6.35. The molecular formula is C19H28ClIN4O2S. The molecule has 0 saturated heterocycles. The highest BCUT2D eigenvalue weighted by molar-refractivity contribution is 14.0. The number of hydrogen-bond donors (Lipinski definition) is 1. The lowest BCUT2D eigenvalue weighted by Gasteiger charge is -2.21. The molecule has 0 unspecified atom stereocenters. The molecule has 0 aliphatic heterocycles. The maximum absolute atomic E-state index is 6.35. The van der Waals surface area contributed by atoms with Gasteiger partial charge in [-0.05, 0) is 38.5 Å². The van der Waals surface area contributed by atoms with Crippen LogP contribution < -0.4 is 14.8 Å². The molecule has 2 aromatic rings. The molecule has 0 amide bonds. The summed E-state index contributed by atoms with van der Waals surface area (Å²) < 4.78 is 11.0. The van der Waals surface area contributed by atoms with Crippen LogP contribution in [0.4, 0.5) is 0 Å². The molecule has 2 rings (SSSR count). The number of aliphatic imine (C=N–C) groups is 1. The summed E-state index contributed by atoms with van der Waals surface area (Å²) >= 11 is 8.01. The molecule has 28 heavy (non-hydrogen) atoms. The first-order valence-electron chi connectivity index (χ1n) is 8.88. The minimum Gasteiger partial charge on any atom is -0.493 e. The Morgan fingerprint density at radius 3 is 2.68 bits per heavy atom. The van der Waals surface area contributed by atoms with Crippen LogP contribution in [0.1, 0.15) is 30.1 Å². The Hall–Kier alpha value is -1.26. The number of nitrogens with one attached hydrogen (secondary N) is 1. The first-order chi connectivity index (χ1) is 13.0. The number of guanidine groups is 1. The van der Waals surface area contributed by atoms with Gasteiger partial charge in [0.15, 0.2) is 17.5 Å². The standard InChI is InChI=1S/C19H27ClN4O2S.HI/c1-6-21-19(24(4)11-15-12-27-13(3)23-15)22-10-14-8-16(20)18(26-7-2)17(9-14)25-5;/h8-9,12H,6-7,10-11H2,1-5H3,(H,21,22);1H. The van der Waals surface area contributed by atoms with E-state index in [1.54, 1.807) is 18.4 Å². The van der Waals surface area contributed by atoms with Crippen molar-refractivity contribution in [1.29, 1.82) is 0 Å². The van der Waals surface area contributed by atoms with E-state index >= 15 is 0 Å². The van der Waals surface area contributed by atoms with Crippen molar-refractivity contribution in [2.24, 2.45) is 4.99 Å². The summed E-state index contributed by atoms with van der Waals surface area (Å²) in [5, 5.41) is 6.98. The van der Waals surface area contributed by atoms with Crippen molar-refractivity contribution in [3.63, 3.8) is 0 Å². The van der Waals surface area contributed by atoms with Crippen LogP contribution in [-0.4, -0.2) is 43.2 Å². The van der Waals surface area contributed by atoms with E-state index in [1.807, 2.05) is 40.0 Å². The minimum absolute atomic E-state index is 0. The van der Waals surface area contributed by atoms with Gasteiger partial charge in [-0.25, -0.2) is 9.98 Å². The third-order valence-corrected chi connectivity index (χ3v) is 4.85. The fourth-order valence-electron chi connectivity index (χ4n) is 2.58. The van der Waals surface area contributed by atoms with Gasteiger partial charge in [-0.3, -0.25) is 0 Å². The van der Waals surface area contributed by atoms with Gasteiger partial charge >= 0.3 is 0 Å². The van der Waals surface area contributed by atoms with Crippen molar-refractivity contribution in [2.75, 3.05) is 27.3 Å². The molecule has 1 aromatic carbocycles. The van der Waals surface area contributed by atoms with Crippen LogP contribution in [0.3, 0.4) is 0 Å². The quantitative estimate of drug-likeness (QED) is 0.299.